The van der Waals surface area contributed by atoms with Crippen LogP contribution in [0.25, 0.3) is 0 Å². The lowest BCUT2D eigenvalue weighted by atomic mass is 9.44. The highest BCUT2D eigenvalue weighted by molar-refractivity contribution is 6.87. The van der Waals surface area contributed by atoms with Crippen molar-refractivity contribution in [2.24, 2.45) is 69.0 Å². The summed E-state index contributed by atoms with van der Waals surface area (Å²) in [6, 6.07) is 0. The predicted octanol–water partition coefficient (Wildman–Crippen LogP) is 12.4. The third kappa shape index (κ3) is 6.68. The van der Waals surface area contributed by atoms with Crippen molar-refractivity contribution in [1.29, 1.82) is 0 Å². The third-order valence-electron chi connectivity index (χ3n) is 22.7. The smallest absolute Gasteiger partial charge is 0.179 e. The van der Waals surface area contributed by atoms with E-state index in [1.807, 2.05) is 0 Å². The van der Waals surface area contributed by atoms with E-state index in [0.717, 1.165) is 77.0 Å². The van der Waals surface area contributed by atoms with Crippen molar-refractivity contribution < 1.29 is 24.5 Å². The van der Waals surface area contributed by atoms with Crippen molar-refractivity contribution >= 4 is 16.6 Å². The van der Waals surface area contributed by atoms with Gasteiger partial charge < -0.3 is 24.5 Å². The second-order valence-corrected chi connectivity index (χ2v) is 36.3. The van der Waals surface area contributed by atoms with E-state index < -0.39 is 27.8 Å². The maximum atomic E-state index is 12.8. The van der Waals surface area contributed by atoms with Crippen molar-refractivity contribution in [3.8, 4) is 0 Å². The Bertz CT molecular complexity index is 1590. The molecule has 59 heavy (non-hydrogen) atoms. The first-order valence-corrected chi connectivity index (χ1v) is 30.7. The average molecular weight is 851 g/mol. The van der Waals surface area contributed by atoms with Crippen LogP contribution in [-0.2, 0) is 4.12 Å². The number of hydrogen-bond acceptors (Lipinski definition) is 5. The summed E-state index contributed by atoms with van der Waals surface area (Å²) >= 11 is 0. The molecule has 0 aromatic heterocycles. The SMILES string of the molecule is C[C@@H]1C[C@@](O)(CC(C)(C)[Si](C)(C)O[Si](C)(C)C(C)(C)C[C@]2(O)CC3=CCC4C5CC[C@H](O)[C@@]5(C)CCC4[C@@]3(C)[C@@H](C)C2)CC2=CCC3C4CC[C@@H](O)[C@@]4(C)CCC3[C@]21C. The van der Waals surface area contributed by atoms with Gasteiger partial charge in [0.25, 0.3) is 0 Å². The maximum absolute atomic E-state index is 12.8. The van der Waals surface area contributed by atoms with Crippen LogP contribution < -0.4 is 0 Å². The molecule has 4 N–H and O–H groups in total. The van der Waals surface area contributed by atoms with Gasteiger partial charge in [-0.3, -0.25) is 0 Å². The molecule has 8 rings (SSSR count). The van der Waals surface area contributed by atoms with Gasteiger partial charge in [0.05, 0.1) is 23.4 Å². The number of rotatable bonds is 8. The zero-order valence-electron chi connectivity index (χ0n) is 40.4. The lowest BCUT2D eigenvalue weighted by molar-refractivity contribution is -0.108. The van der Waals surface area contributed by atoms with Gasteiger partial charge in [-0.1, -0.05) is 92.5 Å². The van der Waals surface area contributed by atoms with Crippen LogP contribution in [-0.4, -0.2) is 60.5 Å². The van der Waals surface area contributed by atoms with Crippen LogP contribution in [0.4, 0.5) is 0 Å². The van der Waals surface area contributed by atoms with Crippen LogP contribution in [0.1, 0.15) is 172 Å². The molecule has 0 spiro atoms. The summed E-state index contributed by atoms with van der Waals surface area (Å²) in [6.07, 6.45) is 20.8. The average Bonchev–Trinajstić information content (AvgIpc) is 3.58. The second-order valence-electron chi connectivity index (χ2n) is 26.8. The Kier molecular flexibility index (Phi) is 10.8. The standard InChI is InChI=1S/C52H90O5Si2/c1-33-27-51(55,29-35-15-17-37-39-19-21-43(53)47(39,7)25-23-41(37)49(33,35)9)31-45(3,4)58(11,12)57-59(13,14)46(5,6)32-52(56)28-34(2)50(10)36(30-52)16-18-38-40-20-22-44(54)48(40,8)26-24-42(38)50/h15-16,33-34,37-44,53-56H,17-32H2,1-14H3/t33-,34+,37?,38?,39?,40?,41?,42?,43-,44+,47-,48-,49-,50-,51+,52-/m0/s1. The molecule has 16 atom stereocenters. The Morgan fingerprint density at radius 1 is 0.593 bits per heavy atom. The molecule has 0 aliphatic heterocycles. The Morgan fingerprint density at radius 3 is 1.31 bits per heavy atom. The highest BCUT2D eigenvalue weighted by Crippen LogP contribution is 2.70. The molecular formula is C52H90O5Si2. The Morgan fingerprint density at radius 2 is 0.949 bits per heavy atom. The number of fused-ring (bicyclic) bond motifs is 10. The Balaban J connectivity index is 0.951. The zero-order valence-corrected chi connectivity index (χ0v) is 42.4. The summed E-state index contributed by atoms with van der Waals surface area (Å²) in [6.45, 7) is 34.0. The molecular weight excluding hydrogens is 761 g/mol. The van der Waals surface area contributed by atoms with Gasteiger partial charge in [-0.05, 0) is 208 Å². The van der Waals surface area contributed by atoms with Crippen molar-refractivity contribution in [3.63, 3.8) is 0 Å². The van der Waals surface area contributed by atoms with Gasteiger partial charge in [-0.2, -0.15) is 0 Å². The zero-order chi connectivity index (χ0) is 43.4. The molecule has 8 aliphatic rings. The molecule has 0 radical (unpaired) electrons. The first kappa shape index (κ1) is 45.3. The first-order valence-electron chi connectivity index (χ1n) is 24.9. The largest absolute Gasteiger partial charge is 0.455 e. The van der Waals surface area contributed by atoms with E-state index in [-0.39, 0.29) is 43.9 Å². The Labute approximate surface area is 363 Å². The molecule has 7 heteroatoms. The molecule has 6 unspecified atom stereocenters. The maximum Gasteiger partial charge on any atom is 0.179 e. The molecule has 0 bridgehead atoms. The summed E-state index contributed by atoms with van der Waals surface area (Å²) < 4.78 is 7.68. The molecule has 6 fully saturated rings. The fraction of sp³-hybridized carbons (Fsp3) is 0.923. The van der Waals surface area contributed by atoms with E-state index in [1.54, 1.807) is 0 Å². The topological polar surface area (TPSA) is 90.2 Å². The third-order valence-corrected chi connectivity index (χ3v) is 33.7. The van der Waals surface area contributed by atoms with Gasteiger partial charge >= 0.3 is 0 Å². The van der Waals surface area contributed by atoms with Crippen molar-refractivity contribution in [2.45, 2.75) is 232 Å². The van der Waals surface area contributed by atoms with Gasteiger partial charge in [0.1, 0.15) is 0 Å². The quantitative estimate of drug-likeness (QED) is 0.144. The number of hydrogen-bond donors (Lipinski definition) is 4. The minimum Gasteiger partial charge on any atom is -0.455 e. The van der Waals surface area contributed by atoms with Crippen LogP contribution in [0.3, 0.4) is 0 Å². The summed E-state index contributed by atoms with van der Waals surface area (Å²) in [7, 11) is -4.77. The van der Waals surface area contributed by atoms with E-state index in [1.165, 1.54) is 36.8 Å². The van der Waals surface area contributed by atoms with E-state index >= 15 is 0 Å². The molecule has 0 amide bonds. The van der Waals surface area contributed by atoms with E-state index in [9.17, 15) is 20.4 Å². The minimum absolute atomic E-state index is 0.0812. The lowest BCUT2D eigenvalue weighted by Gasteiger charge is -2.62. The highest BCUT2D eigenvalue weighted by Gasteiger charge is 2.64. The molecule has 8 aliphatic carbocycles. The summed E-state index contributed by atoms with van der Waals surface area (Å²) in [5.41, 5.74) is 1.95. The Hall–Kier alpha value is -0.286. The summed E-state index contributed by atoms with van der Waals surface area (Å²) in [4.78, 5) is 0. The van der Waals surface area contributed by atoms with Gasteiger partial charge in [0, 0.05) is 0 Å². The van der Waals surface area contributed by atoms with Crippen LogP contribution in [0.5, 0.6) is 0 Å². The summed E-state index contributed by atoms with van der Waals surface area (Å²) in [5, 5.41) is 47.3. The van der Waals surface area contributed by atoms with Gasteiger partial charge in [0.15, 0.2) is 16.6 Å². The van der Waals surface area contributed by atoms with E-state index in [2.05, 4.69) is 108 Å². The molecule has 5 nitrogen and oxygen atoms in total. The van der Waals surface area contributed by atoms with Crippen molar-refractivity contribution in [3.05, 3.63) is 23.3 Å². The molecule has 0 heterocycles. The van der Waals surface area contributed by atoms with Crippen molar-refractivity contribution in [1.82, 2.24) is 0 Å². The fourth-order valence-corrected chi connectivity index (χ4v) is 26.5. The number of aliphatic hydroxyl groups excluding tert-OH is 2. The lowest BCUT2D eigenvalue weighted by Crippen LogP contribution is -2.60. The molecule has 0 saturated heterocycles. The minimum atomic E-state index is -2.39. The monoisotopic (exact) mass is 851 g/mol. The highest BCUT2D eigenvalue weighted by atomic mass is 28.4. The van der Waals surface area contributed by atoms with Gasteiger partial charge in [-0.25, -0.2) is 0 Å². The van der Waals surface area contributed by atoms with Crippen LogP contribution in [0, 0.1) is 69.0 Å². The number of allylic oxidation sites excluding steroid dienone is 2. The predicted molar refractivity (Wildman–Crippen MR) is 248 cm³/mol. The second kappa shape index (κ2) is 14.1. The van der Waals surface area contributed by atoms with E-state index in [4.69, 9.17) is 4.12 Å². The van der Waals surface area contributed by atoms with E-state index in [0.29, 0.717) is 47.3 Å². The molecule has 336 valence electrons. The molecule has 6 saturated carbocycles. The normalized spacial score (nSPS) is 50.1. The first-order chi connectivity index (χ1) is 27.0. The van der Waals surface area contributed by atoms with Gasteiger partial charge in [-0.15, -0.1) is 0 Å². The van der Waals surface area contributed by atoms with Crippen molar-refractivity contribution in [2.75, 3.05) is 0 Å². The van der Waals surface area contributed by atoms with Crippen LogP contribution in [0.15, 0.2) is 23.3 Å². The molecule has 0 aromatic rings. The number of aliphatic hydroxyl groups is 4. The van der Waals surface area contributed by atoms with Crippen LogP contribution >= 0.6 is 0 Å². The van der Waals surface area contributed by atoms with Gasteiger partial charge in [0.2, 0.25) is 0 Å². The fourth-order valence-electron chi connectivity index (χ4n) is 17.7. The van der Waals surface area contributed by atoms with Crippen LogP contribution in [0.2, 0.25) is 36.3 Å². The summed E-state index contributed by atoms with van der Waals surface area (Å²) in [5.74, 6) is 4.65. The molecule has 0 aromatic carbocycles.